The average Bonchev–Trinajstić information content (AvgIpc) is 2.29. The lowest BCUT2D eigenvalue weighted by molar-refractivity contribution is 0.885. The lowest BCUT2D eigenvalue weighted by Crippen LogP contribution is -2.06. The Labute approximate surface area is 120 Å². The third-order valence-electron chi connectivity index (χ3n) is 2.58. The van der Waals surface area contributed by atoms with Crippen LogP contribution in [0.3, 0.4) is 0 Å². The van der Waals surface area contributed by atoms with E-state index in [1.54, 1.807) is 0 Å². The van der Waals surface area contributed by atoms with E-state index in [1.807, 2.05) is 24.3 Å². The molecule has 88 valence electrons. The van der Waals surface area contributed by atoms with Crippen molar-refractivity contribution in [3.63, 3.8) is 0 Å². The van der Waals surface area contributed by atoms with Crippen LogP contribution < -0.4 is 5.32 Å². The van der Waals surface area contributed by atoms with Crippen LogP contribution in [0.4, 0.5) is 5.69 Å². The standard InChI is InChI=1S/C14H13ClIN/c1-10(11-5-7-12(15)8-6-11)17-14-4-2-3-13(16)9-14/h2-10,17H,1H3. The van der Waals surface area contributed by atoms with E-state index in [4.69, 9.17) is 11.6 Å². The highest BCUT2D eigenvalue weighted by molar-refractivity contribution is 14.1. The molecule has 0 bridgehead atoms. The molecule has 1 nitrogen and oxygen atoms in total. The second-order valence-electron chi connectivity index (χ2n) is 3.93. The molecule has 0 amide bonds. The van der Waals surface area contributed by atoms with E-state index in [-0.39, 0.29) is 6.04 Å². The number of nitrogens with one attached hydrogen (secondary N) is 1. The van der Waals surface area contributed by atoms with E-state index in [0.29, 0.717) is 0 Å². The second kappa shape index (κ2) is 5.74. The van der Waals surface area contributed by atoms with E-state index in [1.165, 1.54) is 9.13 Å². The maximum Gasteiger partial charge on any atom is 0.0485 e. The number of hydrogen-bond donors (Lipinski definition) is 1. The molecule has 0 heterocycles. The molecule has 1 atom stereocenters. The van der Waals surface area contributed by atoms with Crippen molar-refractivity contribution in [2.75, 3.05) is 5.32 Å². The number of halogens is 2. The molecule has 0 aromatic heterocycles. The first-order valence-corrected chi connectivity index (χ1v) is 6.88. The molecular formula is C14H13ClIN. The number of hydrogen-bond acceptors (Lipinski definition) is 1. The van der Waals surface area contributed by atoms with Gasteiger partial charge in [-0.1, -0.05) is 29.8 Å². The molecule has 3 heteroatoms. The van der Waals surface area contributed by atoms with Gasteiger partial charge in [0.2, 0.25) is 0 Å². The van der Waals surface area contributed by atoms with Crippen molar-refractivity contribution in [2.45, 2.75) is 13.0 Å². The summed E-state index contributed by atoms with van der Waals surface area (Å²) in [6, 6.07) is 16.6. The van der Waals surface area contributed by atoms with Crippen molar-refractivity contribution >= 4 is 39.9 Å². The normalized spacial score (nSPS) is 12.2. The highest BCUT2D eigenvalue weighted by Crippen LogP contribution is 2.21. The minimum atomic E-state index is 0.269. The van der Waals surface area contributed by atoms with Crippen LogP contribution in [-0.4, -0.2) is 0 Å². The summed E-state index contributed by atoms with van der Waals surface area (Å²) < 4.78 is 1.23. The molecule has 0 fully saturated rings. The Morgan fingerprint density at radius 2 is 1.82 bits per heavy atom. The summed E-state index contributed by atoms with van der Waals surface area (Å²) in [4.78, 5) is 0. The quantitative estimate of drug-likeness (QED) is 0.752. The number of rotatable bonds is 3. The van der Waals surface area contributed by atoms with Crippen molar-refractivity contribution < 1.29 is 0 Å². The van der Waals surface area contributed by atoms with Crippen LogP contribution in [0.15, 0.2) is 48.5 Å². The predicted molar refractivity (Wildman–Crippen MR) is 82.6 cm³/mol. The Kier molecular flexibility index (Phi) is 4.29. The first-order valence-electron chi connectivity index (χ1n) is 5.43. The number of anilines is 1. The molecule has 1 N–H and O–H groups in total. The molecule has 0 radical (unpaired) electrons. The Bertz CT molecular complexity index is 496. The van der Waals surface area contributed by atoms with Crippen LogP contribution >= 0.6 is 34.2 Å². The SMILES string of the molecule is CC(Nc1cccc(I)c1)c1ccc(Cl)cc1. The van der Waals surface area contributed by atoms with Gasteiger partial charge in [0.25, 0.3) is 0 Å². The summed E-state index contributed by atoms with van der Waals surface area (Å²) in [5.41, 5.74) is 2.37. The van der Waals surface area contributed by atoms with E-state index in [9.17, 15) is 0 Å². The van der Waals surface area contributed by atoms with Crippen LogP contribution in [0.1, 0.15) is 18.5 Å². The zero-order chi connectivity index (χ0) is 12.3. The molecule has 0 aliphatic heterocycles. The van der Waals surface area contributed by atoms with Gasteiger partial charge in [-0.2, -0.15) is 0 Å². The average molecular weight is 358 g/mol. The highest BCUT2D eigenvalue weighted by atomic mass is 127. The molecule has 0 aliphatic rings. The fourth-order valence-electron chi connectivity index (χ4n) is 1.66. The van der Waals surface area contributed by atoms with Gasteiger partial charge in [0, 0.05) is 20.3 Å². The topological polar surface area (TPSA) is 12.0 Å². The van der Waals surface area contributed by atoms with E-state index >= 15 is 0 Å². The van der Waals surface area contributed by atoms with Gasteiger partial charge >= 0.3 is 0 Å². The van der Waals surface area contributed by atoms with Crippen LogP contribution in [0, 0.1) is 3.57 Å². The van der Waals surface area contributed by atoms with Crippen LogP contribution in [0.25, 0.3) is 0 Å². The predicted octanol–water partition coefficient (Wildman–Crippen LogP) is 5.12. The monoisotopic (exact) mass is 357 g/mol. The van der Waals surface area contributed by atoms with Gasteiger partial charge in [0.05, 0.1) is 0 Å². The maximum absolute atomic E-state index is 5.88. The van der Waals surface area contributed by atoms with Crippen molar-refractivity contribution in [1.82, 2.24) is 0 Å². The lowest BCUT2D eigenvalue weighted by atomic mass is 10.1. The van der Waals surface area contributed by atoms with Crippen molar-refractivity contribution in [3.8, 4) is 0 Å². The molecule has 0 spiro atoms. The minimum absolute atomic E-state index is 0.269. The van der Waals surface area contributed by atoms with E-state index in [2.05, 4.69) is 59.1 Å². The van der Waals surface area contributed by atoms with E-state index < -0.39 is 0 Å². The zero-order valence-corrected chi connectivity index (χ0v) is 12.4. The van der Waals surface area contributed by atoms with Gasteiger partial charge in [-0.3, -0.25) is 0 Å². The highest BCUT2D eigenvalue weighted by Gasteiger charge is 2.04. The van der Waals surface area contributed by atoms with Gasteiger partial charge in [-0.05, 0) is 65.4 Å². The van der Waals surface area contributed by atoms with Crippen molar-refractivity contribution in [3.05, 3.63) is 62.7 Å². The minimum Gasteiger partial charge on any atom is -0.378 e. The van der Waals surface area contributed by atoms with Crippen LogP contribution in [-0.2, 0) is 0 Å². The first kappa shape index (κ1) is 12.7. The van der Waals surface area contributed by atoms with Gasteiger partial charge in [0.1, 0.15) is 0 Å². The molecule has 2 aromatic carbocycles. The Balaban J connectivity index is 2.11. The first-order chi connectivity index (χ1) is 8.15. The third kappa shape index (κ3) is 3.61. The molecule has 17 heavy (non-hydrogen) atoms. The largest absolute Gasteiger partial charge is 0.378 e. The maximum atomic E-state index is 5.88. The molecule has 2 rings (SSSR count). The lowest BCUT2D eigenvalue weighted by Gasteiger charge is -2.16. The summed E-state index contributed by atoms with van der Waals surface area (Å²) in [6.45, 7) is 2.14. The molecule has 0 saturated carbocycles. The van der Waals surface area contributed by atoms with Gasteiger partial charge in [-0.15, -0.1) is 0 Å². The summed E-state index contributed by atoms with van der Waals surface area (Å²) >= 11 is 8.19. The van der Waals surface area contributed by atoms with Crippen LogP contribution in [0.5, 0.6) is 0 Å². The molecule has 0 aliphatic carbocycles. The molecule has 2 aromatic rings. The van der Waals surface area contributed by atoms with Gasteiger partial charge in [-0.25, -0.2) is 0 Å². The Morgan fingerprint density at radius 1 is 1.12 bits per heavy atom. The molecule has 1 unspecified atom stereocenters. The molecular weight excluding hydrogens is 345 g/mol. The smallest absolute Gasteiger partial charge is 0.0485 e. The Hall–Kier alpha value is -0.740. The summed E-state index contributed by atoms with van der Waals surface area (Å²) in [6.07, 6.45) is 0. The van der Waals surface area contributed by atoms with E-state index in [0.717, 1.165) is 10.7 Å². The summed E-state index contributed by atoms with van der Waals surface area (Å²) in [7, 11) is 0. The summed E-state index contributed by atoms with van der Waals surface area (Å²) in [5.74, 6) is 0. The Morgan fingerprint density at radius 3 is 2.47 bits per heavy atom. The molecule has 0 saturated heterocycles. The van der Waals surface area contributed by atoms with Crippen molar-refractivity contribution in [2.24, 2.45) is 0 Å². The third-order valence-corrected chi connectivity index (χ3v) is 3.50. The fourth-order valence-corrected chi connectivity index (χ4v) is 2.33. The van der Waals surface area contributed by atoms with Crippen molar-refractivity contribution in [1.29, 1.82) is 0 Å². The zero-order valence-electron chi connectivity index (χ0n) is 9.45. The summed E-state index contributed by atoms with van der Waals surface area (Å²) in [5, 5.41) is 4.24. The fraction of sp³-hybridized carbons (Fsp3) is 0.143. The van der Waals surface area contributed by atoms with Crippen LogP contribution in [0.2, 0.25) is 5.02 Å². The second-order valence-corrected chi connectivity index (χ2v) is 5.61. The number of benzene rings is 2. The van der Waals surface area contributed by atoms with Gasteiger partial charge < -0.3 is 5.32 Å². The van der Waals surface area contributed by atoms with Gasteiger partial charge in [0.15, 0.2) is 0 Å².